The highest BCUT2D eigenvalue weighted by molar-refractivity contribution is 5.12. The normalized spacial score (nSPS) is 12.8. The summed E-state index contributed by atoms with van der Waals surface area (Å²) in [5.74, 6) is 0. The van der Waals surface area contributed by atoms with Crippen LogP contribution in [0.2, 0.25) is 0 Å². The van der Waals surface area contributed by atoms with Crippen molar-refractivity contribution in [3.63, 3.8) is 0 Å². The zero-order valence-corrected chi connectivity index (χ0v) is 12.9. The van der Waals surface area contributed by atoms with E-state index >= 15 is 0 Å². The zero-order chi connectivity index (χ0) is 14.1. The van der Waals surface area contributed by atoms with Gasteiger partial charge in [0, 0.05) is 37.9 Å². The van der Waals surface area contributed by atoms with Gasteiger partial charge >= 0.3 is 0 Å². The summed E-state index contributed by atoms with van der Waals surface area (Å²) in [5.41, 5.74) is 2.53. The smallest absolute Gasteiger partial charge is 0.0624 e. The van der Waals surface area contributed by atoms with E-state index in [-0.39, 0.29) is 0 Å². The molecule has 1 atom stereocenters. The van der Waals surface area contributed by atoms with Crippen LogP contribution in [-0.4, -0.2) is 35.6 Å². The first-order valence-corrected chi connectivity index (χ1v) is 7.61. The minimum Gasteiger partial charge on any atom is -0.382 e. The molecule has 1 heterocycles. The average molecular weight is 267 g/mol. The first-order chi connectivity index (χ1) is 9.24. The lowest BCUT2D eigenvalue weighted by atomic mass is 10.1. The maximum Gasteiger partial charge on any atom is 0.0624 e. The lowest BCUT2D eigenvalue weighted by Gasteiger charge is -2.18. The first kappa shape index (κ1) is 16.2. The predicted molar refractivity (Wildman–Crippen MR) is 79.6 cm³/mol. The fourth-order valence-corrected chi connectivity index (χ4v) is 2.31. The molecule has 0 aromatic carbocycles. The summed E-state index contributed by atoms with van der Waals surface area (Å²) >= 11 is 0. The molecule has 0 aliphatic carbocycles. The second kappa shape index (κ2) is 9.10. The predicted octanol–water partition coefficient (Wildman–Crippen LogP) is 2.41. The molecular formula is C15H29N3O. The molecule has 1 rings (SSSR count). The molecule has 1 N–H and O–H groups in total. The second-order valence-corrected chi connectivity index (χ2v) is 4.74. The quantitative estimate of drug-likeness (QED) is 0.662. The van der Waals surface area contributed by atoms with Crippen LogP contribution >= 0.6 is 0 Å². The van der Waals surface area contributed by atoms with Gasteiger partial charge in [0.05, 0.1) is 5.69 Å². The Labute approximate surface area is 117 Å². The van der Waals surface area contributed by atoms with Crippen molar-refractivity contribution in [3.05, 3.63) is 17.5 Å². The zero-order valence-electron chi connectivity index (χ0n) is 12.9. The summed E-state index contributed by atoms with van der Waals surface area (Å²) in [6.45, 7) is 12.1. The maximum atomic E-state index is 5.47. The van der Waals surface area contributed by atoms with Crippen LogP contribution in [0.3, 0.4) is 0 Å². The fraction of sp³-hybridized carbons (Fsp3) is 0.800. The van der Waals surface area contributed by atoms with Crippen LogP contribution in [0.5, 0.6) is 0 Å². The van der Waals surface area contributed by atoms with Crippen LogP contribution in [0, 0.1) is 0 Å². The lowest BCUT2D eigenvalue weighted by molar-refractivity contribution is 0.136. The topological polar surface area (TPSA) is 39.1 Å². The van der Waals surface area contributed by atoms with Gasteiger partial charge in [-0.25, -0.2) is 0 Å². The van der Waals surface area contributed by atoms with Crippen molar-refractivity contribution in [2.75, 3.05) is 19.8 Å². The van der Waals surface area contributed by atoms with Gasteiger partial charge < -0.3 is 10.1 Å². The van der Waals surface area contributed by atoms with Gasteiger partial charge in [-0.15, -0.1) is 0 Å². The molecule has 110 valence electrons. The number of hydrogen-bond acceptors (Lipinski definition) is 3. The fourth-order valence-electron chi connectivity index (χ4n) is 2.31. The number of nitrogens with zero attached hydrogens (tertiary/aromatic N) is 2. The summed E-state index contributed by atoms with van der Waals surface area (Å²) in [6.07, 6.45) is 3.09. The van der Waals surface area contributed by atoms with E-state index in [1.807, 2.05) is 6.92 Å². The van der Waals surface area contributed by atoms with E-state index in [1.54, 1.807) is 0 Å². The van der Waals surface area contributed by atoms with Crippen molar-refractivity contribution in [3.8, 4) is 0 Å². The number of nitrogens with one attached hydrogen (secondary N) is 1. The third-order valence-electron chi connectivity index (χ3n) is 3.34. The van der Waals surface area contributed by atoms with E-state index < -0.39 is 0 Å². The number of hydrogen-bond donors (Lipinski definition) is 1. The van der Waals surface area contributed by atoms with Crippen molar-refractivity contribution < 1.29 is 4.74 Å². The van der Waals surface area contributed by atoms with Gasteiger partial charge in [0.2, 0.25) is 0 Å². The molecular weight excluding hydrogens is 238 g/mol. The van der Waals surface area contributed by atoms with Crippen LogP contribution < -0.4 is 5.32 Å². The number of rotatable bonds is 10. The number of aryl methyl sites for hydroxylation is 2. The van der Waals surface area contributed by atoms with Crippen molar-refractivity contribution >= 4 is 0 Å². The van der Waals surface area contributed by atoms with E-state index in [4.69, 9.17) is 4.74 Å². The first-order valence-electron chi connectivity index (χ1n) is 7.61. The highest BCUT2D eigenvalue weighted by atomic mass is 16.5. The van der Waals surface area contributed by atoms with E-state index in [1.165, 1.54) is 11.4 Å². The van der Waals surface area contributed by atoms with Gasteiger partial charge in [-0.3, -0.25) is 4.68 Å². The van der Waals surface area contributed by atoms with E-state index in [2.05, 4.69) is 41.9 Å². The Morgan fingerprint density at radius 1 is 1.32 bits per heavy atom. The maximum absolute atomic E-state index is 5.47. The Kier molecular flexibility index (Phi) is 7.75. The van der Waals surface area contributed by atoms with Gasteiger partial charge in [0.15, 0.2) is 0 Å². The summed E-state index contributed by atoms with van der Waals surface area (Å²) < 4.78 is 7.60. The minimum atomic E-state index is 0.475. The third-order valence-corrected chi connectivity index (χ3v) is 3.34. The van der Waals surface area contributed by atoms with Crippen LogP contribution in [0.15, 0.2) is 6.07 Å². The second-order valence-electron chi connectivity index (χ2n) is 4.74. The Bertz CT molecular complexity index is 349. The largest absolute Gasteiger partial charge is 0.382 e. The molecule has 0 aliphatic heterocycles. The van der Waals surface area contributed by atoms with Crippen molar-refractivity contribution in [1.82, 2.24) is 15.1 Å². The Balaban J connectivity index is 2.63. The van der Waals surface area contributed by atoms with Crippen molar-refractivity contribution in [1.29, 1.82) is 0 Å². The van der Waals surface area contributed by atoms with Crippen molar-refractivity contribution in [2.45, 2.75) is 59.5 Å². The molecule has 0 bridgehead atoms. The van der Waals surface area contributed by atoms with Crippen LogP contribution in [0.1, 0.15) is 45.5 Å². The van der Waals surface area contributed by atoms with Gasteiger partial charge in [-0.05, 0) is 39.3 Å². The molecule has 0 radical (unpaired) electrons. The van der Waals surface area contributed by atoms with Gasteiger partial charge in [0.1, 0.15) is 0 Å². The molecule has 1 unspecified atom stereocenters. The molecule has 1 aromatic rings. The Hall–Kier alpha value is -0.870. The Morgan fingerprint density at radius 3 is 2.68 bits per heavy atom. The van der Waals surface area contributed by atoms with E-state index in [0.29, 0.717) is 6.04 Å². The molecule has 0 spiro atoms. The average Bonchev–Trinajstić information content (AvgIpc) is 2.81. The molecule has 19 heavy (non-hydrogen) atoms. The molecule has 0 aliphatic rings. The van der Waals surface area contributed by atoms with Crippen LogP contribution in [0.4, 0.5) is 0 Å². The Morgan fingerprint density at radius 2 is 2.11 bits per heavy atom. The summed E-state index contributed by atoms with van der Waals surface area (Å²) in [6, 6.07) is 2.72. The molecule has 0 saturated carbocycles. The van der Waals surface area contributed by atoms with E-state index in [0.717, 1.165) is 45.6 Å². The summed E-state index contributed by atoms with van der Waals surface area (Å²) in [4.78, 5) is 0. The number of likely N-dealkylation sites (N-methyl/N-ethyl adjacent to an activating group) is 1. The van der Waals surface area contributed by atoms with Gasteiger partial charge in [-0.1, -0.05) is 13.8 Å². The number of ether oxygens (including phenoxy) is 1. The summed E-state index contributed by atoms with van der Waals surface area (Å²) in [5, 5.41) is 8.16. The van der Waals surface area contributed by atoms with E-state index in [9.17, 15) is 0 Å². The summed E-state index contributed by atoms with van der Waals surface area (Å²) in [7, 11) is 0. The SMILES string of the molecule is CCNC(CCOCC)Cc1cc(CC)nn1CC. The molecule has 0 saturated heterocycles. The molecule has 4 heteroatoms. The van der Waals surface area contributed by atoms with Crippen molar-refractivity contribution in [2.24, 2.45) is 0 Å². The lowest BCUT2D eigenvalue weighted by Crippen LogP contribution is -2.33. The number of aromatic nitrogens is 2. The highest BCUT2D eigenvalue weighted by Crippen LogP contribution is 2.10. The minimum absolute atomic E-state index is 0.475. The van der Waals surface area contributed by atoms with Crippen LogP contribution in [-0.2, 0) is 24.1 Å². The molecule has 0 fully saturated rings. The van der Waals surface area contributed by atoms with Gasteiger partial charge in [-0.2, -0.15) is 5.10 Å². The highest BCUT2D eigenvalue weighted by Gasteiger charge is 2.13. The molecule has 1 aromatic heterocycles. The monoisotopic (exact) mass is 267 g/mol. The standard InChI is InChI=1S/C15H29N3O/c1-5-13-11-15(18(7-3)17-13)12-14(16-6-2)9-10-19-8-4/h11,14,16H,5-10,12H2,1-4H3. The van der Waals surface area contributed by atoms with Crippen LogP contribution in [0.25, 0.3) is 0 Å². The van der Waals surface area contributed by atoms with Gasteiger partial charge in [0.25, 0.3) is 0 Å². The third kappa shape index (κ3) is 5.33. The molecule has 4 nitrogen and oxygen atoms in total. The molecule has 0 amide bonds.